The molecule has 1 aromatic rings. The lowest BCUT2D eigenvalue weighted by molar-refractivity contribution is -0.120. The summed E-state index contributed by atoms with van der Waals surface area (Å²) >= 11 is 0. The summed E-state index contributed by atoms with van der Waals surface area (Å²) in [7, 11) is 1.57. The van der Waals surface area contributed by atoms with Crippen LogP contribution in [0.5, 0.6) is 0 Å². The lowest BCUT2D eigenvalue weighted by Crippen LogP contribution is -2.20. The van der Waals surface area contributed by atoms with Gasteiger partial charge in [-0.2, -0.15) is 0 Å². The Labute approximate surface area is 112 Å². The fourth-order valence-electron chi connectivity index (χ4n) is 1.72. The van der Waals surface area contributed by atoms with E-state index in [4.69, 9.17) is 10.5 Å². The zero-order valence-electron chi connectivity index (χ0n) is 11.5. The summed E-state index contributed by atoms with van der Waals surface area (Å²) in [5.41, 5.74) is 6.03. The third-order valence-corrected chi connectivity index (χ3v) is 2.71. The van der Waals surface area contributed by atoms with Crippen molar-refractivity contribution in [3.8, 4) is 0 Å². The first-order valence-corrected chi connectivity index (χ1v) is 6.27. The maximum absolute atomic E-state index is 11.7. The Morgan fingerprint density at radius 1 is 1.42 bits per heavy atom. The van der Waals surface area contributed by atoms with Gasteiger partial charge in [0.15, 0.2) is 5.69 Å². The van der Waals surface area contributed by atoms with Crippen LogP contribution in [0.15, 0.2) is 0 Å². The molecule has 0 aliphatic rings. The number of carbonyl (C=O) groups excluding carboxylic acids is 2. The molecule has 3 N–H and O–H groups in total. The Morgan fingerprint density at radius 2 is 2.11 bits per heavy atom. The number of anilines is 1. The molecule has 1 heterocycles. The number of carbonyl (C=O) groups is 2. The minimum atomic E-state index is -0.534. The van der Waals surface area contributed by atoms with Gasteiger partial charge in [-0.3, -0.25) is 4.79 Å². The van der Waals surface area contributed by atoms with Crippen molar-refractivity contribution in [2.75, 3.05) is 19.4 Å². The van der Waals surface area contributed by atoms with Gasteiger partial charge in [-0.15, -0.1) is 0 Å². The Bertz CT molecular complexity index is 468. The first-order valence-electron chi connectivity index (χ1n) is 6.27. The molecular formula is C12H20N4O3. The lowest BCUT2D eigenvalue weighted by atomic mass is 10.3. The lowest BCUT2D eigenvalue weighted by Gasteiger charge is -2.08. The van der Waals surface area contributed by atoms with Crippen LogP contribution in [-0.4, -0.2) is 35.1 Å². The van der Waals surface area contributed by atoms with Gasteiger partial charge in [-0.05, 0) is 6.92 Å². The van der Waals surface area contributed by atoms with Crippen LogP contribution < -0.4 is 11.1 Å². The van der Waals surface area contributed by atoms with Crippen LogP contribution >= 0.6 is 0 Å². The summed E-state index contributed by atoms with van der Waals surface area (Å²) in [4.78, 5) is 27.1. The molecule has 0 saturated carbocycles. The summed E-state index contributed by atoms with van der Waals surface area (Å²) in [5.74, 6) is 0.296. The number of nitrogen functional groups attached to an aromatic ring is 1. The van der Waals surface area contributed by atoms with E-state index in [1.54, 1.807) is 18.5 Å². The Morgan fingerprint density at radius 3 is 2.63 bits per heavy atom. The van der Waals surface area contributed by atoms with Gasteiger partial charge < -0.3 is 20.4 Å². The van der Waals surface area contributed by atoms with E-state index in [1.807, 2.05) is 6.92 Å². The summed E-state index contributed by atoms with van der Waals surface area (Å²) in [6.07, 6.45) is 0.906. The van der Waals surface area contributed by atoms with E-state index in [1.165, 1.54) is 0 Å². The zero-order valence-corrected chi connectivity index (χ0v) is 11.5. The molecule has 19 heavy (non-hydrogen) atoms. The van der Waals surface area contributed by atoms with Crippen molar-refractivity contribution >= 4 is 17.7 Å². The van der Waals surface area contributed by atoms with Crippen molar-refractivity contribution in [3.05, 3.63) is 11.5 Å². The largest absolute Gasteiger partial charge is 0.461 e. The Balaban J connectivity index is 2.96. The number of nitrogens with zero attached hydrogens (tertiary/aromatic N) is 2. The minimum absolute atomic E-state index is 0.0900. The molecule has 0 aromatic carbocycles. The molecule has 0 bridgehead atoms. The zero-order chi connectivity index (χ0) is 14.4. The molecule has 1 amide bonds. The first-order chi connectivity index (χ1) is 9.04. The number of nitrogens with one attached hydrogen (secondary N) is 1. The highest BCUT2D eigenvalue weighted by molar-refractivity contribution is 5.92. The molecule has 106 valence electrons. The van der Waals surface area contributed by atoms with Crippen molar-refractivity contribution in [2.45, 2.75) is 33.2 Å². The van der Waals surface area contributed by atoms with E-state index in [0.717, 1.165) is 0 Å². The second kappa shape index (κ2) is 6.77. The molecule has 0 spiro atoms. The average Bonchev–Trinajstić information content (AvgIpc) is 2.72. The molecule has 0 aliphatic heterocycles. The molecule has 1 aromatic heterocycles. The van der Waals surface area contributed by atoms with E-state index in [9.17, 15) is 9.59 Å². The quantitative estimate of drug-likeness (QED) is 0.725. The molecule has 1 rings (SSSR count). The molecule has 0 fully saturated rings. The highest BCUT2D eigenvalue weighted by Crippen LogP contribution is 2.17. The van der Waals surface area contributed by atoms with E-state index in [-0.39, 0.29) is 30.4 Å². The fourth-order valence-corrected chi connectivity index (χ4v) is 1.72. The van der Waals surface area contributed by atoms with E-state index in [2.05, 4.69) is 10.3 Å². The summed E-state index contributed by atoms with van der Waals surface area (Å²) < 4.78 is 6.58. The molecular weight excluding hydrogens is 248 g/mol. The Hall–Kier alpha value is -2.05. The van der Waals surface area contributed by atoms with Gasteiger partial charge in [0.2, 0.25) is 5.91 Å². The average molecular weight is 268 g/mol. The van der Waals surface area contributed by atoms with E-state index >= 15 is 0 Å². The van der Waals surface area contributed by atoms with E-state index < -0.39 is 5.97 Å². The predicted molar refractivity (Wildman–Crippen MR) is 70.7 cm³/mol. The summed E-state index contributed by atoms with van der Waals surface area (Å²) in [6.45, 7) is 4.29. The smallest absolute Gasteiger partial charge is 0.360 e. The molecule has 0 saturated heterocycles. The topological polar surface area (TPSA) is 99.2 Å². The molecule has 0 atom stereocenters. The van der Waals surface area contributed by atoms with Crippen LogP contribution in [0.4, 0.5) is 5.82 Å². The van der Waals surface area contributed by atoms with Gasteiger partial charge in [-0.25, -0.2) is 9.78 Å². The maximum atomic E-state index is 11.7. The van der Waals surface area contributed by atoms with Crippen molar-refractivity contribution in [1.82, 2.24) is 14.9 Å². The number of hydrogen-bond donors (Lipinski definition) is 2. The number of aryl methyl sites for hydroxylation is 1. The van der Waals surface area contributed by atoms with Crippen molar-refractivity contribution in [2.24, 2.45) is 0 Å². The molecule has 7 heteroatoms. The van der Waals surface area contributed by atoms with Crippen molar-refractivity contribution in [3.63, 3.8) is 0 Å². The van der Waals surface area contributed by atoms with Crippen molar-refractivity contribution in [1.29, 1.82) is 0 Å². The predicted octanol–water partition coefficient (Wildman–Crippen LogP) is 0.341. The van der Waals surface area contributed by atoms with Crippen LogP contribution in [0.3, 0.4) is 0 Å². The molecule has 0 radical (unpaired) electrons. The van der Waals surface area contributed by atoms with Gasteiger partial charge in [-0.1, -0.05) is 6.92 Å². The monoisotopic (exact) mass is 268 g/mol. The molecule has 0 unspecified atom stereocenters. The number of amides is 1. The minimum Gasteiger partial charge on any atom is -0.461 e. The van der Waals surface area contributed by atoms with Gasteiger partial charge in [0, 0.05) is 26.4 Å². The van der Waals surface area contributed by atoms with Gasteiger partial charge in [0.1, 0.15) is 11.6 Å². The third-order valence-electron chi connectivity index (χ3n) is 2.71. The van der Waals surface area contributed by atoms with Crippen molar-refractivity contribution < 1.29 is 14.3 Å². The molecule has 7 nitrogen and oxygen atoms in total. The van der Waals surface area contributed by atoms with Crippen LogP contribution in [0, 0.1) is 0 Å². The number of esters is 1. The van der Waals surface area contributed by atoms with Gasteiger partial charge in [0.05, 0.1) is 6.61 Å². The number of aromatic nitrogens is 2. The summed E-state index contributed by atoms with van der Waals surface area (Å²) in [5, 5.41) is 2.54. The normalized spacial score (nSPS) is 10.3. The highest BCUT2D eigenvalue weighted by atomic mass is 16.5. The van der Waals surface area contributed by atoms with E-state index in [0.29, 0.717) is 18.8 Å². The highest BCUT2D eigenvalue weighted by Gasteiger charge is 2.20. The second-order valence-corrected chi connectivity index (χ2v) is 3.91. The first kappa shape index (κ1) is 15.0. The number of imidazole rings is 1. The van der Waals surface area contributed by atoms with Gasteiger partial charge >= 0.3 is 5.97 Å². The van der Waals surface area contributed by atoms with Crippen LogP contribution in [0.25, 0.3) is 0 Å². The number of nitrogens with two attached hydrogens (primary N) is 1. The maximum Gasteiger partial charge on any atom is 0.360 e. The number of ether oxygens (including phenoxy) is 1. The Kier molecular flexibility index (Phi) is 5.35. The fraction of sp³-hybridized carbons (Fsp3) is 0.583. The summed E-state index contributed by atoms with van der Waals surface area (Å²) in [6, 6.07) is 0. The second-order valence-electron chi connectivity index (χ2n) is 3.91. The van der Waals surface area contributed by atoms with Crippen LogP contribution in [0.1, 0.15) is 36.6 Å². The molecule has 0 aliphatic carbocycles. The van der Waals surface area contributed by atoms with Crippen LogP contribution in [0.2, 0.25) is 0 Å². The number of rotatable bonds is 6. The number of hydrogen-bond acceptors (Lipinski definition) is 5. The van der Waals surface area contributed by atoms with Gasteiger partial charge in [0.25, 0.3) is 0 Å². The third kappa shape index (κ3) is 3.46. The standard InChI is InChI=1S/C12H20N4O3/c1-4-8-15-10(12(18)19-5-2)11(13)16(8)7-6-9(17)14-3/h4-7,13H2,1-3H3,(H,14,17). The van der Waals surface area contributed by atoms with Crippen LogP contribution in [-0.2, 0) is 22.5 Å². The SMILES string of the molecule is CCOC(=O)c1nc(CC)n(CCC(=O)NC)c1N.